The smallest absolute Gasteiger partial charge is 0.408 e. The molecule has 1 aromatic heterocycles. The van der Waals surface area contributed by atoms with E-state index in [9.17, 15) is 14.4 Å². The Bertz CT molecular complexity index is 1540. The number of carbonyl (C=O) groups is 3. The van der Waals surface area contributed by atoms with Gasteiger partial charge >= 0.3 is 6.09 Å². The molecular weight excluding hydrogens is 608 g/mol. The van der Waals surface area contributed by atoms with Crippen molar-refractivity contribution < 1.29 is 28.6 Å². The third-order valence-corrected chi connectivity index (χ3v) is 12.4. The van der Waals surface area contributed by atoms with Gasteiger partial charge in [-0.1, -0.05) is 46.0 Å². The molecule has 1 aromatic carbocycles. The first kappa shape index (κ1) is 33.1. The number of ketones is 1. The van der Waals surface area contributed by atoms with Gasteiger partial charge in [-0.05, 0) is 93.6 Å². The van der Waals surface area contributed by atoms with E-state index in [0.717, 1.165) is 75.4 Å². The fourth-order valence-electron chi connectivity index (χ4n) is 9.66. The molecule has 3 saturated carbocycles. The van der Waals surface area contributed by atoms with Crippen LogP contribution in [-0.4, -0.2) is 70.6 Å². The van der Waals surface area contributed by atoms with Crippen LogP contribution in [-0.2, 0) is 20.7 Å². The second-order valence-corrected chi connectivity index (χ2v) is 15.5. The topological polar surface area (TPSA) is 120 Å². The minimum Gasteiger partial charge on any atom is -0.497 e. The van der Waals surface area contributed by atoms with Gasteiger partial charge < -0.3 is 24.4 Å². The number of methoxy groups -OCH3 is 1. The molecule has 10 nitrogen and oxygen atoms in total. The first-order valence-corrected chi connectivity index (χ1v) is 18.5. The molecule has 1 N–H and O–H groups in total. The van der Waals surface area contributed by atoms with Gasteiger partial charge in [-0.3, -0.25) is 9.59 Å². The molecule has 7 rings (SSSR count). The van der Waals surface area contributed by atoms with E-state index in [1.54, 1.807) is 18.9 Å². The lowest BCUT2D eigenvalue weighted by atomic mass is 9.70. The first-order valence-electron chi connectivity index (χ1n) is 18.5. The molecule has 4 fully saturated rings. The molecule has 2 amide bonds. The van der Waals surface area contributed by atoms with Crippen molar-refractivity contribution in [1.82, 2.24) is 20.2 Å². The molecule has 3 heterocycles. The van der Waals surface area contributed by atoms with Crippen LogP contribution in [0.5, 0.6) is 11.6 Å². The molecule has 8 atom stereocenters. The minimum absolute atomic E-state index is 0.0788. The lowest BCUT2D eigenvalue weighted by molar-refractivity contribution is -0.142. The molecule has 1 saturated heterocycles. The zero-order valence-corrected chi connectivity index (χ0v) is 29.0. The summed E-state index contributed by atoms with van der Waals surface area (Å²) in [6.45, 7) is 5.94. The van der Waals surface area contributed by atoms with Crippen LogP contribution in [0.1, 0.15) is 104 Å². The second kappa shape index (κ2) is 13.5. The highest BCUT2D eigenvalue weighted by Gasteiger charge is 2.55. The predicted molar refractivity (Wildman–Crippen MR) is 181 cm³/mol. The number of hydrogen-bond donors (Lipinski definition) is 1. The highest BCUT2D eigenvalue weighted by molar-refractivity contribution is 5.92. The Hall–Kier alpha value is -3.43. The zero-order chi connectivity index (χ0) is 33.6. The summed E-state index contributed by atoms with van der Waals surface area (Å²) in [5.41, 5.74) is 1.82. The number of fused-ring (bicyclic) bond motifs is 7. The first-order chi connectivity index (χ1) is 23.2. The van der Waals surface area contributed by atoms with Crippen molar-refractivity contribution in [3.63, 3.8) is 0 Å². The number of carbonyl (C=O) groups excluding carboxylic acids is 3. The number of hydrogen-bond acceptors (Lipinski definition) is 8. The number of nitrogens with one attached hydrogen (secondary N) is 1. The molecular formula is C38H52N4O6. The summed E-state index contributed by atoms with van der Waals surface area (Å²) in [5.74, 6) is 2.26. The van der Waals surface area contributed by atoms with Crippen molar-refractivity contribution in [1.29, 1.82) is 0 Å². The Morgan fingerprint density at radius 2 is 1.79 bits per heavy atom. The van der Waals surface area contributed by atoms with Crippen molar-refractivity contribution in [2.45, 2.75) is 129 Å². The third kappa shape index (κ3) is 6.36. The molecule has 2 aliphatic heterocycles. The highest BCUT2D eigenvalue weighted by Crippen LogP contribution is 2.57. The Morgan fingerprint density at radius 3 is 2.54 bits per heavy atom. The van der Waals surface area contributed by atoms with E-state index in [4.69, 9.17) is 24.2 Å². The predicted octanol–water partition coefficient (Wildman–Crippen LogP) is 6.42. The van der Waals surface area contributed by atoms with E-state index in [1.807, 2.05) is 25.1 Å². The lowest BCUT2D eigenvalue weighted by Crippen LogP contribution is -2.59. The summed E-state index contributed by atoms with van der Waals surface area (Å²) in [7, 11) is 1.63. The number of benzene rings is 1. The molecule has 2 aromatic rings. The van der Waals surface area contributed by atoms with E-state index in [1.165, 1.54) is 6.42 Å². The van der Waals surface area contributed by atoms with Gasteiger partial charge in [-0.2, -0.15) is 0 Å². The summed E-state index contributed by atoms with van der Waals surface area (Å²) in [5, 5.41) is 3.11. The van der Waals surface area contributed by atoms with Crippen molar-refractivity contribution in [3.8, 4) is 11.6 Å². The van der Waals surface area contributed by atoms with Gasteiger partial charge in [0.2, 0.25) is 11.8 Å². The van der Waals surface area contributed by atoms with Crippen LogP contribution in [0.2, 0.25) is 0 Å². The molecule has 3 aliphatic carbocycles. The van der Waals surface area contributed by atoms with Crippen LogP contribution in [0.15, 0.2) is 18.2 Å². The highest BCUT2D eigenvalue weighted by atomic mass is 16.6. The number of alkyl carbamates (subject to hydrolysis) is 1. The summed E-state index contributed by atoms with van der Waals surface area (Å²) < 4.78 is 18.4. The van der Waals surface area contributed by atoms with Gasteiger partial charge in [0.1, 0.15) is 29.7 Å². The standard InChI is InChI=1S/C38H52N4O6/c1-5-25-32-21-42(33(25)22(2)43)36(44)34(38(3)16-10-7-11-17-38)41-37(45)48-31-19-23-18-27(23)26(31)12-8-6-9-13-29-35(47-32)40-30-20-24(46-4)14-15-28(30)39-29/h14-15,20,23,25-27,31-34H,5-13,16-19,21H2,1-4H3,(H,41,45)/t23?,25-,26-,27?,31-,32+,33-,34-/m1/s1. The van der Waals surface area contributed by atoms with Gasteiger partial charge in [0.05, 0.1) is 30.7 Å². The van der Waals surface area contributed by atoms with Gasteiger partial charge in [-0.15, -0.1) is 0 Å². The Kier molecular flexibility index (Phi) is 9.28. The molecule has 0 radical (unpaired) electrons. The van der Waals surface area contributed by atoms with Crippen molar-refractivity contribution >= 4 is 28.8 Å². The molecule has 260 valence electrons. The SMILES string of the molecule is CC[C@@H]1[C@@H]2CN(C(=O)[C@H](C3(C)CCCCC3)NC(=O)O[C@@H]3CC4CC4[C@H]3CCCCCc3nc4ccc(OC)cc4nc3O2)[C@@H]1C(C)=O. The van der Waals surface area contributed by atoms with E-state index >= 15 is 0 Å². The Balaban J connectivity index is 1.26. The van der Waals surface area contributed by atoms with Crippen LogP contribution in [0.4, 0.5) is 4.79 Å². The van der Waals surface area contributed by atoms with E-state index in [-0.39, 0.29) is 30.3 Å². The molecule has 0 spiro atoms. The Labute approximate surface area is 284 Å². The summed E-state index contributed by atoms with van der Waals surface area (Å²) in [6, 6.07) is 4.23. The number of aryl methyl sites for hydroxylation is 1. The van der Waals surface area contributed by atoms with Crippen LogP contribution in [0, 0.1) is 29.1 Å². The van der Waals surface area contributed by atoms with Gasteiger partial charge in [0, 0.05) is 12.0 Å². The maximum Gasteiger partial charge on any atom is 0.408 e. The van der Waals surface area contributed by atoms with Crippen LogP contribution < -0.4 is 14.8 Å². The minimum atomic E-state index is -0.792. The second-order valence-electron chi connectivity index (χ2n) is 15.5. The number of aromatic nitrogens is 2. The number of nitrogens with zero attached hydrogens (tertiary/aromatic N) is 3. The summed E-state index contributed by atoms with van der Waals surface area (Å²) in [6.07, 6.45) is 11.2. The van der Waals surface area contributed by atoms with Crippen molar-refractivity contribution in [2.75, 3.05) is 13.7 Å². The van der Waals surface area contributed by atoms with E-state index < -0.39 is 29.7 Å². The third-order valence-electron chi connectivity index (χ3n) is 12.4. The quantitative estimate of drug-likeness (QED) is 0.399. The van der Waals surface area contributed by atoms with Gasteiger partial charge in [-0.25, -0.2) is 14.8 Å². The number of Topliss-reactive ketones (excluding diaryl/α,β-unsaturated/α-hetero) is 1. The molecule has 10 heteroatoms. The average Bonchev–Trinajstić information content (AvgIpc) is 3.61. The van der Waals surface area contributed by atoms with Crippen LogP contribution >= 0.6 is 0 Å². The van der Waals surface area contributed by atoms with Gasteiger partial charge in [0.25, 0.3) is 0 Å². The van der Waals surface area contributed by atoms with E-state index in [2.05, 4.69) is 12.2 Å². The normalized spacial score (nSPS) is 33.6. The maximum absolute atomic E-state index is 14.8. The van der Waals surface area contributed by atoms with Crippen LogP contribution in [0.3, 0.4) is 0 Å². The van der Waals surface area contributed by atoms with Crippen LogP contribution in [0.25, 0.3) is 11.0 Å². The fraction of sp³-hybridized carbons (Fsp3) is 0.711. The fourth-order valence-corrected chi connectivity index (χ4v) is 9.66. The number of rotatable bonds is 4. The maximum atomic E-state index is 14.8. The molecule has 2 bridgehead atoms. The largest absolute Gasteiger partial charge is 0.497 e. The average molecular weight is 661 g/mol. The number of amides is 2. The van der Waals surface area contributed by atoms with Gasteiger partial charge in [0.15, 0.2) is 5.78 Å². The van der Waals surface area contributed by atoms with Crippen molar-refractivity contribution in [3.05, 3.63) is 23.9 Å². The lowest BCUT2D eigenvalue weighted by Gasteiger charge is -2.42. The van der Waals surface area contributed by atoms with Crippen molar-refractivity contribution in [2.24, 2.45) is 29.1 Å². The number of ether oxygens (including phenoxy) is 3. The Morgan fingerprint density at radius 1 is 1.00 bits per heavy atom. The summed E-state index contributed by atoms with van der Waals surface area (Å²) >= 11 is 0. The molecule has 5 aliphatic rings. The molecule has 48 heavy (non-hydrogen) atoms. The molecule has 2 unspecified atom stereocenters. The summed E-state index contributed by atoms with van der Waals surface area (Å²) in [4.78, 5) is 53.6. The monoisotopic (exact) mass is 660 g/mol. The van der Waals surface area contributed by atoms with E-state index in [0.29, 0.717) is 47.7 Å². The zero-order valence-electron chi connectivity index (χ0n) is 29.0.